The van der Waals surface area contributed by atoms with E-state index < -0.39 is 0 Å². The van der Waals surface area contributed by atoms with E-state index in [0.29, 0.717) is 5.75 Å². The molecular weight excluding hydrogens is 152 g/mol. The lowest BCUT2D eigenvalue weighted by molar-refractivity contribution is 0.373. The molecule has 2 heteroatoms. The Hall–Kier alpha value is -1.44. The summed E-state index contributed by atoms with van der Waals surface area (Å²) < 4.78 is 4.90. The summed E-state index contributed by atoms with van der Waals surface area (Å²) in [5.41, 5.74) is 0.968. The van der Waals surface area contributed by atoms with Gasteiger partial charge in [0.2, 0.25) is 0 Å². The summed E-state index contributed by atoms with van der Waals surface area (Å²) in [7, 11) is 1.53. The maximum Gasteiger partial charge on any atom is 0.160 e. The van der Waals surface area contributed by atoms with Crippen LogP contribution in [0.25, 0.3) is 6.08 Å². The van der Waals surface area contributed by atoms with Crippen molar-refractivity contribution in [3.05, 3.63) is 29.8 Å². The molecular formula is C10H12O2. The smallest absolute Gasteiger partial charge is 0.160 e. The first-order chi connectivity index (χ1) is 5.77. The highest BCUT2D eigenvalue weighted by molar-refractivity contribution is 5.55. The van der Waals surface area contributed by atoms with Crippen molar-refractivity contribution in [2.75, 3.05) is 7.11 Å². The Morgan fingerprint density at radius 2 is 2.17 bits per heavy atom. The minimum atomic E-state index is 0.174. The third-order valence-electron chi connectivity index (χ3n) is 1.56. The molecule has 2 nitrogen and oxygen atoms in total. The first-order valence-electron chi connectivity index (χ1n) is 3.77. The maximum atomic E-state index is 9.36. The molecule has 0 bridgehead atoms. The lowest BCUT2D eigenvalue weighted by Gasteiger charge is -2.02. The van der Waals surface area contributed by atoms with Crippen molar-refractivity contribution in [1.82, 2.24) is 0 Å². The second-order valence-corrected chi connectivity index (χ2v) is 2.43. The van der Waals surface area contributed by atoms with Crippen LogP contribution in [0.1, 0.15) is 12.5 Å². The normalized spacial score (nSPS) is 10.5. The second-order valence-electron chi connectivity index (χ2n) is 2.43. The van der Waals surface area contributed by atoms with Gasteiger partial charge in [-0.25, -0.2) is 0 Å². The molecule has 1 rings (SSSR count). The molecule has 0 unspecified atom stereocenters. The summed E-state index contributed by atoms with van der Waals surface area (Å²) in [5.74, 6) is 0.677. The Bertz CT molecular complexity index is 290. The molecule has 0 saturated heterocycles. The molecule has 0 aliphatic heterocycles. The molecule has 0 heterocycles. The number of phenolic OH excluding ortho intramolecular Hbond substituents is 1. The van der Waals surface area contributed by atoms with Crippen LogP contribution in [-0.2, 0) is 0 Å². The van der Waals surface area contributed by atoms with Crippen molar-refractivity contribution in [2.45, 2.75) is 6.92 Å². The fourth-order valence-corrected chi connectivity index (χ4v) is 1.00. The van der Waals surface area contributed by atoms with Crippen LogP contribution < -0.4 is 4.74 Å². The zero-order chi connectivity index (χ0) is 8.97. The average molecular weight is 164 g/mol. The zero-order valence-electron chi connectivity index (χ0n) is 7.24. The van der Waals surface area contributed by atoms with Gasteiger partial charge < -0.3 is 9.84 Å². The van der Waals surface area contributed by atoms with E-state index in [4.69, 9.17) is 4.74 Å². The first-order valence-corrected chi connectivity index (χ1v) is 3.77. The van der Waals surface area contributed by atoms with Crippen LogP contribution in [0.3, 0.4) is 0 Å². The van der Waals surface area contributed by atoms with E-state index in [1.54, 1.807) is 12.1 Å². The van der Waals surface area contributed by atoms with E-state index in [1.807, 2.05) is 25.1 Å². The summed E-state index contributed by atoms with van der Waals surface area (Å²) in [6.07, 6.45) is 3.83. The van der Waals surface area contributed by atoms with Gasteiger partial charge in [-0.05, 0) is 24.6 Å². The quantitative estimate of drug-likeness (QED) is 0.727. The number of phenols is 1. The van der Waals surface area contributed by atoms with Crippen LogP contribution in [0.15, 0.2) is 24.3 Å². The van der Waals surface area contributed by atoms with Gasteiger partial charge in [-0.15, -0.1) is 0 Å². The molecule has 0 aliphatic rings. The van der Waals surface area contributed by atoms with Crippen molar-refractivity contribution in [1.29, 1.82) is 0 Å². The molecule has 0 saturated carbocycles. The molecule has 0 amide bonds. The topological polar surface area (TPSA) is 29.5 Å². The molecule has 0 fully saturated rings. The van der Waals surface area contributed by atoms with Crippen molar-refractivity contribution < 1.29 is 9.84 Å². The van der Waals surface area contributed by atoms with Gasteiger partial charge in [-0.3, -0.25) is 0 Å². The predicted octanol–water partition coefficient (Wildman–Crippen LogP) is 2.43. The summed E-state index contributed by atoms with van der Waals surface area (Å²) in [6.45, 7) is 1.93. The number of aromatic hydroxyl groups is 1. The van der Waals surface area contributed by atoms with E-state index in [2.05, 4.69) is 0 Å². The van der Waals surface area contributed by atoms with Crippen LogP contribution in [0.2, 0.25) is 0 Å². The molecule has 1 aromatic rings. The standard InChI is InChI=1S/C10H12O2/c1-3-4-8-5-6-10(12-2)9(11)7-8/h3-7,11H,1-2H3/b4-3+. The number of benzene rings is 1. The molecule has 0 spiro atoms. The minimum Gasteiger partial charge on any atom is -0.504 e. The maximum absolute atomic E-state index is 9.36. The highest BCUT2D eigenvalue weighted by Crippen LogP contribution is 2.26. The highest BCUT2D eigenvalue weighted by atomic mass is 16.5. The summed E-state index contributed by atoms with van der Waals surface area (Å²) in [4.78, 5) is 0. The van der Waals surface area contributed by atoms with Crippen molar-refractivity contribution >= 4 is 6.08 Å². The number of hydrogen-bond donors (Lipinski definition) is 1. The number of hydrogen-bond acceptors (Lipinski definition) is 2. The van der Waals surface area contributed by atoms with E-state index >= 15 is 0 Å². The molecule has 0 radical (unpaired) electrons. The molecule has 1 aromatic carbocycles. The van der Waals surface area contributed by atoms with Gasteiger partial charge in [0.15, 0.2) is 11.5 Å². The van der Waals surface area contributed by atoms with Crippen LogP contribution in [0, 0.1) is 0 Å². The van der Waals surface area contributed by atoms with Gasteiger partial charge in [0.1, 0.15) is 0 Å². The Morgan fingerprint density at radius 3 is 2.67 bits per heavy atom. The first kappa shape index (κ1) is 8.65. The van der Waals surface area contributed by atoms with Crippen molar-refractivity contribution in [2.24, 2.45) is 0 Å². The van der Waals surface area contributed by atoms with Crippen LogP contribution in [0.5, 0.6) is 11.5 Å². The fraction of sp³-hybridized carbons (Fsp3) is 0.200. The summed E-state index contributed by atoms with van der Waals surface area (Å²) in [6, 6.07) is 5.29. The molecule has 12 heavy (non-hydrogen) atoms. The van der Waals surface area contributed by atoms with Gasteiger partial charge >= 0.3 is 0 Å². The third kappa shape index (κ3) is 1.78. The lowest BCUT2D eigenvalue weighted by Crippen LogP contribution is -1.83. The third-order valence-corrected chi connectivity index (χ3v) is 1.56. The lowest BCUT2D eigenvalue weighted by atomic mass is 10.2. The second kappa shape index (κ2) is 3.81. The molecule has 0 atom stereocenters. The Labute approximate surface area is 72.1 Å². The van der Waals surface area contributed by atoms with Crippen LogP contribution in [0.4, 0.5) is 0 Å². The summed E-state index contributed by atoms with van der Waals surface area (Å²) >= 11 is 0. The van der Waals surface area contributed by atoms with Crippen molar-refractivity contribution in [3.63, 3.8) is 0 Å². The number of ether oxygens (including phenoxy) is 1. The summed E-state index contributed by atoms with van der Waals surface area (Å²) in [5, 5.41) is 9.36. The van der Waals surface area contributed by atoms with Crippen molar-refractivity contribution in [3.8, 4) is 11.5 Å². The zero-order valence-corrected chi connectivity index (χ0v) is 7.24. The molecule has 1 N–H and O–H groups in total. The molecule has 64 valence electrons. The molecule has 0 aliphatic carbocycles. The predicted molar refractivity (Wildman–Crippen MR) is 49.4 cm³/mol. The van der Waals surface area contributed by atoms with Gasteiger partial charge in [0.05, 0.1) is 7.11 Å². The largest absolute Gasteiger partial charge is 0.504 e. The Kier molecular flexibility index (Phi) is 2.75. The fourth-order valence-electron chi connectivity index (χ4n) is 1.00. The SMILES string of the molecule is C/C=C/c1ccc(OC)c(O)c1. The number of allylic oxidation sites excluding steroid dienone is 1. The van der Waals surface area contributed by atoms with Gasteiger partial charge in [0, 0.05) is 0 Å². The van der Waals surface area contributed by atoms with E-state index in [0.717, 1.165) is 5.56 Å². The monoisotopic (exact) mass is 164 g/mol. The Balaban J connectivity index is 3.01. The number of rotatable bonds is 2. The van der Waals surface area contributed by atoms with Gasteiger partial charge in [-0.1, -0.05) is 18.2 Å². The highest BCUT2D eigenvalue weighted by Gasteiger charge is 1.99. The van der Waals surface area contributed by atoms with Gasteiger partial charge in [0.25, 0.3) is 0 Å². The van der Waals surface area contributed by atoms with Gasteiger partial charge in [-0.2, -0.15) is 0 Å². The number of methoxy groups -OCH3 is 1. The average Bonchev–Trinajstić information content (AvgIpc) is 2.05. The Morgan fingerprint density at radius 1 is 1.42 bits per heavy atom. The van der Waals surface area contributed by atoms with E-state index in [-0.39, 0.29) is 5.75 Å². The van der Waals surface area contributed by atoms with Crippen LogP contribution >= 0.6 is 0 Å². The molecule has 0 aromatic heterocycles. The van der Waals surface area contributed by atoms with Crippen LogP contribution in [-0.4, -0.2) is 12.2 Å². The van der Waals surface area contributed by atoms with E-state index in [9.17, 15) is 5.11 Å². The minimum absolute atomic E-state index is 0.174. The van der Waals surface area contributed by atoms with E-state index in [1.165, 1.54) is 7.11 Å².